The van der Waals surface area contributed by atoms with Crippen LogP contribution >= 0.6 is 0 Å². The lowest BCUT2D eigenvalue weighted by Crippen LogP contribution is -2.37. The number of hydrogen-bond acceptors (Lipinski definition) is 8. The van der Waals surface area contributed by atoms with E-state index in [0.717, 1.165) is 62.9 Å². The number of hydroxylamine groups is 1. The predicted octanol–water partition coefficient (Wildman–Crippen LogP) is 4.60. The Hall–Kier alpha value is -4.09. The summed E-state index contributed by atoms with van der Waals surface area (Å²) in [5.74, 6) is -0.655. The second-order valence-corrected chi connectivity index (χ2v) is 10.3. The van der Waals surface area contributed by atoms with Crippen LogP contribution in [0.15, 0.2) is 48.8 Å². The van der Waals surface area contributed by atoms with Gasteiger partial charge in [0.25, 0.3) is 11.8 Å². The molecule has 1 aromatic carbocycles. The van der Waals surface area contributed by atoms with Gasteiger partial charge < -0.3 is 19.9 Å². The van der Waals surface area contributed by atoms with Crippen molar-refractivity contribution in [3.8, 4) is 0 Å². The van der Waals surface area contributed by atoms with E-state index in [9.17, 15) is 14.0 Å². The van der Waals surface area contributed by atoms with Gasteiger partial charge in [-0.1, -0.05) is 0 Å². The summed E-state index contributed by atoms with van der Waals surface area (Å²) in [5.41, 5.74) is 2.32. The van der Waals surface area contributed by atoms with Gasteiger partial charge in [0.1, 0.15) is 11.6 Å². The van der Waals surface area contributed by atoms with Crippen LogP contribution in [0, 0.1) is 12.7 Å². The van der Waals surface area contributed by atoms with Crippen molar-refractivity contribution in [2.75, 3.05) is 60.6 Å². The van der Waals surface area contributed by atoms with E-state index in [4.69, 9.17) is 9.57 Å². The first-order chi connectivity index (χ1) is 19.8. The predicted molar refractivity (Wildman–Crippen MR) is 155 cm³/mol. The number of rotatable bonds is 8. The molecule has 4 heterocycles. The molecular formula is C30H35FN6O4. The van der Waals surface area contributed by atoms with E-state index in [2.05, 4.69) is 25.1 Å². The maximum Gasteiger partial charge on any atom is 0.284 e. The first kappa shape index (κ1) is 28.4. The summed E-state index contributed by atoms with van der Waals surface area (Å²) in [5, 5.41) is 3.88. The summed E-state index contributed by atoms with van der Waals surface area (Å²) in [6.45, 7) is 4.82. The van der Waals surface area contributed by atoms with Crippen LogP contribution in [0.2, 0.25) is 0 Å². The lowest BCUT2D eigenvalue weighted by Gasteiger charge is -2.32. The Morgan fingerprint density at radius 1 is 1.07 bits per heavy atom. The number of nitrogens with zero attached hydrogens (tertiary/aromatic N) is 5. The fourth-order valence-electron chi connectivity index (χ4n) is 5.27. The largest absolute Gasteiger partial charge is 0.381 e. The van der Waals surface area contributed by atoms with Crippen molar-refractivity contribution in [3.05, 3.63) is 71.4 Å². The number of aromatic nitrogens is 2. The van der Waals surface area contributed by atoms with Crippen molar-refractivity contribution in [1.29, 1.82) is 0 Å². The van der Waals surface area contributed by atoms with Crippen LogP contribution in [0.25, 0.3) is 0 Å². The van der Waals surface area contributed by atoms with Gasteiger partial charge in [-0.05, 0) is 69.0 Å². The lowest BCUT2D eigenvalue weighted by molar-refractivity contribution is 0.0771. The minimum atomic E-state index is -0.494. The molecule has 2 amide bonds. The number of carbonyl (C=O) groups is 2. The summed E-state index contributed by atoms with van der Waals surface area (Å²) in [6, 6.07) is 9.82. The average Bonchev–Trinajstić information content (AvgIpc) is 3.54. The Kier molecular flexibility index (Phi) is 8.75. The normalized spacial score (nSPS) is 15.6. The molecule has 5 rings (SSSR count). The summed E-state index contributed by atoms with van der Waals surface area (Å²) < 4.78 is 19.8. The molecule has 2 aliphatic rings. The molecule has 2 aliphatic heterocycles. The van der Waals surface area contributed by atoms with Crippen molar-refractivity contribution in [1.82, 2.24) is 9.97 Å². The molecule has 0 aliphatic carbocycles. The summed E-state index contributed by atoms with van der Waals surface area (Å²) in [7, 11) is 3.40. The van der Waals surface area contributed by atoms with E-state index >= 15 is 0 Å². The van der Waals surface area contributed by atoms with Crippen LogP contribution in [0.5, 0.6) is 0 Å². The number of amides is 2. The number of aryl methyl sites for hydroxylation is 1. The van der Waals surface area contributed by atoms with Crippen LogP contribution in [-0.2, 0) is 9.57 Å². The molecule has 11 heteroatoms. The maximum absolute atomic E-state index is 14.4. The van der Waals surface area contributed by atoms with Gasteiger partial charge in [0, 0.05) is 50.6 Å². The third kappa shape index (κ3) is 6.47. The SMILES string of the molecule is CON(C(=O)c1cc(NC(=O)c2cc(F)cc(N3CCCC3)c2)cnc1C)c1ccc(N(C)C2CCOCC2)nc1. The van der Waals surface area contributed by atoms with Crippen molar-refractivity contribution in [2.45, 2.75) is 38.6 Å². The fraction of sp³-hybridized carbons (Fsp3) is 0.400. The standard InChI is InChI=1S/C30H35FN6O4/c1-20-27(30(39)37(40-3)25-6-7-28(33-19-25)35(2)24-8-12-41-13-9-24)17-23(18-32-20)34-29(38)21-14-22(31)16-26(15-21)36-10-4-5-11-36/h6-7,14-19,24H,4-5,8-13H2,1-3H3,(H,34,38). The Balaban J connectivity index is 1.31. The van der Waals surface area contributed by atoms with Crippen molar-refractivity contribution < 1.29 is 23.6 Å². The second kappa shape index (κ2) is 12.6. The molecule has 2 aromatic heterocycles. The highest BCUT2D eigenvalue weighted by Crippen LogP contribution is 2.26. The average molecular weight is 563 g/mol. The van der Waals surface area contributed by atoms with Crippen molar-refractivity contribution >= 4 is 34.7 Å². The molecule has 2 saturated heterocycles. The van der Waals surface area contributed by atoms with Crippen LogP contribution in [0.3, 0.4) is 0 Å². The molecule has 1 N–H and O–H groups in total. The highest BCUT2D eigenvalue weighted by molar-refractivity contribution is 6.08. The van der Waals surface area contributed by atoms with Gasteiger partial charge in [0.05, 0.1) is 42.1 Å². The van der Waals surface area contributed by atoms with Gasteiger partial charge in [0.2, 0.25) is 0 Å². The number of hydrogen-bond donors (Lipinski definition) is 1. The van der Waals surface area contributed by atoms with Crippen molar-refractivity contribution in [2.24, 2.45) is 0 Å². The van der Waals surface area contributed by atoms with Crippen LogP contribution in [0.4, 0.5) is 27.3 Å². The zero-order chi connectivity index (χ0) is 28.9. The van der Waals surface area contributed by atoms with E-state index in [1.54, 1.807) is 25.3 Å². The zero-order valence-corrected chi connectivity index (χ0v) is 23.6. The molecular weight excluding hydrogens is 527 g/mol. The van der Waals surface area contributed by atoms with E-state index in [1.165, 1.54) is 31.5 Å². The molecule has 41 heavy (non-hydrogen) atoms. The molecule has 0 atom stereocenters. The van der Waals surface area contributed by atoms with Crippen LogP contribution in [0.1, 0.15) is 52.1 Å². The first-order valence-corrected chi connectivity index (χ1v) is 13.8. The molecule has 10 nitrogen and oxygen atoms in total. The Labute approximate surface area is 239 Å². The van der Waals surface area contributed by atoms with E-state index in [0.29, 0.717) is 28.8 Å². The first-order valence-electron chi connectivity index (χ1n) is 13.8. The molecule has 216 valence electrons. The molecule has 0 unspecified atom stereocenters. The fourth-order valence-corrected chi connectivity index (χ4v) is 5.27. The number of anilines is 4. The molecule has 0 saturated carbocycles. The van der Waals surface area contributed by atoms with Gasteiger partial charge in [-0.25, -0.2) is 9.37 Å². The molecule has 3 aromatic rings. The molecule has 0 spiro atoms. The Morgan fingerprint density at radius 3 is 2.51 bits per heavy atom. The number of pyridine rings is 2. The van der Waals surface area contributed by atoms with Gasteiger partial charge in [-0.2, -0.15) is 5.06 Å². The van der Waals surface area contributed by atoms with Crippen LogP contribution < -0.4 is 20.2 Å². The lowest BCUT2D eigenvalue weighted by atomic mass is 10.1. The molecule has 0 radical (unpaired) electrons. The summed E-state index contributed by atoms with van der Waals surface area (Å²) >= 11 is 0. The maximum atomic E-state index is 14.4. The minimum absolute atomic E-state index is 0.191. The van der Waals surface area contributed by atoms with Gasteiger partial charge >= 0.3 is 0 Å². The van der Waals surface area contributed by atoms with Gasteiger partial charge in [-0.3, -0.25) is 19.4 Å². The second-order valence-electron chi connectivity index (χ2n) is 10.3. The third-order valence-electron chi connectivity index (χ3n) is 7.62. The smallest absolute Gasteiger partial charge is 0.284 e. The number of ether oxygens (including phenoxy) is 1. The zero-order valence-electron chi connectivity index (χ0n) is 23.6. The molecule has 2 fully saturated rings. The Morgan fingerprint density at radius 2 is 1.83 bits per heavy atom. The van der Waals surface area contributed by atoms with Gasteiger partial charge in [0.15, 0.2) is 0 Å². The number of benzene rings is 1. The Bertz CT molecular complexity index is 1390. The topological polar surface area (TPSA) is 100 Å². The van der Waals surface area contributed by atoms with Crippen LogP contribution in [-0.4, -0.2) is 68.3 Å². The monoisotopic (exact) mass is 562 g/mol. The molecule has 0 bridgehead atoms. The quantitative estimate of drug-likeness (QED) is 0.398. The van der Waals surface area contributed by atoms with Gasteiger partial charge in [-0.15, -0.1) is 0 Å². The van der Waals surface area contributed by atoms with E-state index in [-0.39, 0.29) is 11.1 Å². The van der Waals surface area contributed by atoms with Crippen molar-refractivity contribution in [3.63, 3.8) is 0 Å². The van der Waals surface area contributed by atoms with E-state index < -0.39 is 17.6 Å². The number of carbonyl (C=O) groups excluding carboxylic acids is 2. The number of nitrogens with one attached hydrogen (secondary N) is 1. The third-order valence-corrected chi connectivity index (χ3v) is 7.62. The van der Waals surface area contributed by atoms with E-state index in [1.807, 2.05) is 13.1 Å². The minimum Gasteiger partial charge on any atom is -0.381 e. The summed E-state index contributed by atoms with van der Waals surface area (Å²) in [6.07, 6.45) is 6.99. The highest BCUT2D eigenvalue weighted by atomic mass is 19.1. The highest BCUT2D eigenvalue weighted by Gasteiger charge is 2.24. The summed E-state index contributed by atoms with van der Waals surface area (Å²) in [4.78, 5) is 45.1. The number of halogens is 1.